The summed E-state index contributed by atoms with van der Waals surface area (Å²) in [5.74, 6) is 0. The molecule has 0 unspecified atom stereocenters. The van der Waals surface area contributed by atoms with Crippen molar-refractivity contribution in [2.24, 2.45) is 0 Å². The van der Waals surface area contributed by atoms with E-state index >= 15 is 0 Å². The predicted molar refractivity (Wildman–Crippen MR) is 59.7 cm³/mol. The highest BCUT2D eigenvalue weighted by Crippen LogP contribution is 2.13. The van der Waals surface area contributed by atoms with Gasteiger partial charge < -0.3 is 5.32 Å². The van der Waals surface area contributed by atoms with Crippen LogP contribution in [0.25, 0.3) is 0 Å². The number of benzene rings is 1. The van der Waals surface area contributed by atoms with Gasteiger partial charge in [-0.05, 0) is 26.3 Å². The van der Waals surface area contributed by atoms with E-state index in [9.17, 15) is 10.1 Å². The highest BCUT2D eigenvalue weighted by Gasteiger charge is 2.10. The highest BCUT2D eigenvalue weighted by molar-refractivity contribution is 5.34. The molecule has 0 saturated carbocycles. The maximum atomic E-state index is 10.5. The normalized spacial score (nSPS) is 11.4. The Kier molecular flexibility index (Phi) is 3.42. The third-order valence-corrected chi connectivity index (χ3v) is 1.94. The fourth-order valence-corrected chi connectivity index (χ4v) is 1.15. The number of nitro benzene ring substituents is 1. The monoisotopic (exact) mass is 208 g/mol. The number of nitrogens with zero attached hydrogens (tertiary/aromatic N) is 1. The minimum Gasteiger partial charge on any atom is -0.308 e. The van der Waals surface area contributed by atoms with Crippen molar-refractivity contribution in [3.8, 4) is 0 Å². The number of nitro groups is 1. The summed E-state index contributed by atoms with van der Waals surface area (Å²) < 4.78 is 0. The zero-order chi connectivity index (χ0) is 11.5. The van der Waals surface area contributed by atoms with Crippen molar-refractivity contribution in [1.82, 2.24) is 5.32 Å². The molecule has 0 bridgehead atoms. The molecule has 0 aliphatic heterocycles. The van der Waals surface area contributed by atoms with Crippen LogP contribution in [0.15, 0.2) is 24.3 Å². The first kappa shape index (κ1) is 11.7. The molecule has 1 N–H and O–H groups in total. The van der Waals surface area contributed by atoms with Crippen LogP contribution >= 0.6 is 0 Å². The Balaban J connectivity index is 2.70. The molecule has 1 aromatic carbocycles. The predicted octanol–water partition coefficient (Wildman–Crippen LogP) is 2.48. The van der Waals surface area contributed by atoms with E-state index in [1.807, 2.05) is 6.07 Å². The van der Waals surface area contributed by atoms with Gasteiger partial charge in [-0.1, -0.05) is 12.1 Å². The Morgan fingerprint density at radius 2 is 2.07 bits per heavy atom. The maximum absolute atomic E-state index is 10.5. The first-order valence-corrected chi connectivity index (χ1v) is 4.87. The van der Waals surface area contributed by atoms with Crippen molar-refractivity contribution in [1.29, 1.82) is 0 Å². The first-order valence-electron chi connectivity index (χ1n) is 4.87. The van der Waals surface area contributed by atoms with E-state index in [0.29, 0.717) is 6.54 Å². The van der Waals surface area contributed by atoms with E-state index < -0.39 is 0 Å². The lowest BCUT2D eigenvalue weighted by atomic mass is 10.1. The SMILES string of the molecule is CC(C)(C)NCc1cccc([N+](=O)[O-])c1. The van der Waals surface area contributed by atoms with Gasteiger partial charge in [-0.3, -0.25) is 10.1 Å². The Bertz CT molecular complexity index is 356. The minimum absolute atomic E-state index is 0.0185. The maximum Gasteiger partial charge on any atom is 0.269 e. The molecule has 0 heterocycles. The summed E-state index contributed by atoms with van der Waals surface area (Å²) in [5, 5.41) is 13.8. The third kappa shape index (κ3) is 4.08. The van der Waals surface area contributed by atoms with Crippen LogP contribution in [0.5, 0.6) is 0 Å². The molecule has 1 aromatic rings. The number of nitrogens with one attached hydrogen (secondary N) is 1. The van der Waals surface area contributed by atoms with Gasteiger partial charge in [-0.15, -0.1) is 0 Å². The fourth-order valence-electron chi connectivity index (χ4n) is 1.15. The quantitative estimate of drug-likeness (QED) is 0.613. The molecule has 0 atom stereocenters. The number of rotatable bonds is 3. The summed E-state index contributed by atoms with van der Waals surface area (Å²) in [6.45, 7) is 6.82. The van der Waals surface area contributed by atoms with Crippen LogP contribution in [0.4, 0.5) is 5.69 Å². The van der Waals surface area contributed by atoms with Crippen molar-refractivity contribution in [2.75, 3.05) is 0 Å². The second-order valence-corrected chi connectivity index (χ2v) is 4.53. The summed E-state index contributed by atoms with van der Waals surface area (Å²) in [7, 11) is 0. The molecule has 0 aliphatic rings. The Hall–Kier alpha value is -1.42. The third-order valence-electron chi connectivity index (χ3n) is 1.94. The van der Waals surface area contributed by atoms with Gasteiger partial charge >= 0.3 is 0 Å². The van der Waals surface area contributed by atoms with Gasteiger partial charge in [0.15, 0.2) is 0 Å². The number of non-ortho nitro benzene ring substituents is 1. The molecule has 4 heteroatoms. The smallest absolute Gasteiger partial charge is 0.269 e. The molecular weight excluding hydrogens is 192 g/mol. The molecule has 0 aliphatic carbocycles. The van der Waals surface area contributed by atoms with Crippen molar-refractivity contribution in [3.05, 3.63) is 39.9 Å². The van der Waals surface area contributed by atoms with Gasteiger partial charge in [-0.25, -0.2) is 0 Å². The van der Waals surface area contributed by atoms with Crippen LogP contribution < -0.4 is 5.32 Å². The summed E-state index contributed by atoms with van der Waals surface area (Å²) in [5.41, 5.74) is 1.09. The molecule has 0 spiro atoms. The van der Waals surface area contributed by atoms with Crippen molar-refractivity contribution >= 4 is 5.69 Å². The lowest BCUT2D eigenvalue weighted by Gasteiger charge is -2.20. The minimum atomic E-state index is -0.374. The van der Waals surface area contributed by atoms with Crippen molar-refractivity contribution in [3.63, 3.8) is 0 Å². The molecule has 15 heavy (non-hydrogen) atoms. The molecule has 1 rings (SSSR count). The highest BCUT2D eigenvalue weighted by atomic mass is 16.6. The van der Waals surface area contributed by atoms with E-state index in [2.05, 4.69) is 26.1 Å². The molecule has 82 valence electrons. The van der Waals surface area contributed by atoms with Crippen LogP contribution in [-0.2, 0) is 6.54 Å². The lowest BCUT2D eigenvalue weighted by molar-refractivity contribution is -0.384. The molecule has 0 radical (unpaired) electrons. The fraction of sp³-hybridized carbons (Fsp3) is 0.455. The van der Waals surface area contributed by atoms with Crippen LogP contribution in [0.1, 0.15) is 26.3 Å². The molecular formula is C11H16N2O2. The largest absolute Gasteiger partial charge is 0.308 e. The summed E-state index contributed by atoms with van der Waals surface area (Å²) in [6, 6.07) is 6.68. The molecule has 0 amide bonds. The summed E-state index contributed by atoms with van der Waals surface area (Å²) >= 11 is 0. The first-order chi connectivity index (χ1) is 6.88. The van der Waals surface area contributed by atoms with E-state index in [1.54, 1.807) is 12.1 Å². The van der Waals surface area contributed by atoms with Crippen molar-refractivity contribution < 1.29 is 4.92 Å². The van der Waals surface area contributed by atoms with E-state index in [-0.39, 0.29) is 16.1 Å². The van der Waals surface area contributed by atoms with Gasteiger partial charge in [0.2, 0.25) is 0 Å². The topological polar surface area (TPSA) is 55.2 Å². The van der Waals surface area contributed by atoms with E-state index in [1.165, 1.54) is 6.07 Å². The van der Waals surface area contributed by atoms with E-state index in [0.717, 1.165) is 5.56 Å². The molecule has 0 fully saturated rings. The molecule has 0 saturated heterocycles. The van der Waals surface area contributed by atoms with Crippen LogP contribution in [0, 0.1) is 10.1 Å². The Morgan fingerprint density at radius 1 is 1.40 bits per heavy atom. The van der Waals surface area contributed by atoms with E-state index in [4.69, 9.17) is 0 Å². The summed E-state index contributed by atoms with van der Waals surface area (Å²) in [6.07, 6.45) is 0. The van der Waals surface area contributed by atoms with Crippen LogP contribution in [-0.4, -0.2) is 10.5 Å². The molecule has 0 aromatic heterocycles. The Labute approximate surface area is 89.5 Å². The van der Waals surface area contributed by atoms with Gasteiger partial charge in [0.1, 0.15) is 0 Å². The number of hydrogen-bond donors (Lipinski definition) is 1. The zero-order valence-electron chi connectivity index (χ0n) is 9.28. The second-order valence-electron chi connectivity index (χ2n) is 4.53. The number of hydrogen-bond acceptors (Lipinski definition) is 3. The standard InChI is InChI=1S/C11H16N2O2/c1-11(2,3)12-8-9-5-4-6-10(7-9)13(14)15/h4-7,12H,8H2,1-3H3. The summed E-state index contributed by atoms with van der Waals surface area (Å²) in [4.78, 5) is 10.2. The van der Waals surface area contributed by atoms with Gasteiger partial charge in [-0.2, -0.15) is 0 Å². The average molecular weight is 208 g/mol. The van der Waals surface area contributed by atoms with Crippen LogP contribution in [0.2, 0.25) is 0 Å². The van der Waals surface area contributed by atoms with Crippen molar-refractivity contribution in [2.45, 2.75) is 32.9 Å². The molecule has 4 nitrogen and oxygen atoms in total. The lowest BCUT2D eigenvalue weighted by Crippen LogP contribution is -2.35. The van der Waals surface area contributed by atoms with Crippen LogP contribution in [0.3, 0.4) is 0 Å². The van der Waals surface area contributed by atoms with Gasteiger partial charge in [0.25, 0.3) is 5.69 Å². The second kappa shape index (κ2) is 4.40. The Morgan fingerprint density at radius 3 is 2.60 bits per heavy atom. The van der Waals surface area contributed by atoms with Gasteiger partial charge in [0.05, 0.1) is 4.92 Å². The average Bonchev–Trinajstić information content (AvgIpc) is 2.14. The zero-order valence-corrected chi connectivity index (χ0v) is 9.28. The van der Waals surface area contributed by atoms with Gasteiger partial charge in [0, 0.05) is 24.2 Å².